The van der Waals surface area contributed by atoms with E-state index < -0.39 is 11.7 Å². The highest BCUT2D eigenvalue weighted by Gasteiger charge is 2.36. The maximum Gasteiger partial charge on any atom is 0.299 e. The molecule has 0 unspecified atom stereocenters. The highest BCUT2D eigenvalue weighted by molar-refractivity contribution is 6.52. The van der Waals surface area contributed by atoms with Crippen LogP contribution in [0.25, 0.3) is 0 Å². The molecule has 0 bridgehead atoms. The summed E-state index contributed by atoms with van der Waals surface area (Å²) in [5.41, 5.74) is 0.867. The number of benzene rings is 1. The topological polar surface area (TPSA) is 55.2 Å². The number of hydrogen-bond acceptors (Lipinski definition) is 3. The smallest absolute Gasteiger partial charge is 0.299 e. The van der Waals surface area contributed by atoms with Crippen molar-refractivity contribution in [3.05, 3.63) is 46.0 Å². The zero-order valence-corrected chi connectivity index (χ0v) is 11.9. The molecular weight excluding hydrogens is 301 g/mol. The molecule has 102 valence electrons. The Kier molecular flexibility index (Phi) is 3.03. The summed E-state index contributed by atoms with van der Waals surface area (Å²) in [6.45, 7) is 0.168. The lowest BCUT2D eigenvalue weighted by Gasteiger charge is -2.16. The summed E-state index contributed by atoms with van der Waals surface area (Å²) in [5.74, 6) is -0.526. The minimum Gasteiger partial charge on any atom is -0.321 e. The second kappa shape index (κ2) is 4.61. The van der Waals surface area contributed by atoms with Crippen LogP contribution in [0.2, 0.25) is 10.2 Å². The van der Waals surface area contributed by atoms with Crippen LogP contribution in [0.4, 0.5) is 5.69 Å². The summed E-state index contributed by atoms with van der Waals surface area (Å²) in [4.78, 5) is 29.5. The fourth-order valence-corrected chi connectivity index (χ4v) is 2.45. The van der Waals surface area contributed by atoms with Crippen LogP contribution in [0.1, 0.15) is 16.2 Å². The normalized spacial score (nSPS) is 14.1. The maximum atomic E-state index is 12.1. The summed E-state index contributed by atoms with van der Waals surface area (Å²) >= 11 is 11.8. The van der Waals surface area contributed by atoms with Crippen LogP contribution in [0.15, 0.2) is 24.4 Å². The molecule has 1 aliphatic rings. The molecule has 1 aromatic heterocycles. The number of carbonyl (C=O) groups is 2. The lowest BCUT2D eigenvalue weighted by Crippen LogP contribution is -2.30. The van der Waals surface area contributed by atoms with Crippen molar-refractivity contribution in [3.8, 4) is 0 Å². The van der Waals surface area contributed by atoms with E-state index in [0.29, 0.717) is 27.3 Å². The minimum atomic E-state index is -0.582. The van der Waals surface area contributed by atoms with E-state index in [0.717, 1.165) is 0 Å². The van der Waals surface area contributed by atoms with Crippen molar-refractivity contribution in [3.63, 3.8) is 0 Å². The highest BCUT2D eigenvalue weighted by atomic mass is 35.5. The van der Waals surface area contributed by atoms with Gasteiger partial charge in [-0.2, -0.15) is 0 Å². The van der Waals surface area contributed by atoms with Gasteiger partial charge in [0, 0.05) is 12.1 Å². The number of nitrogens with zero attached hydrogens (tertiary/aromatic N) is 3. The number of halogens is 2. The number of amides is 1. The van der Waals surface area contributed by atoms with Crippen molar-refractivity contribution >= 4 is 40.6 Å². The lowest BCUT2D eigenvalue weighted by atomic mass is 10.1. The van der Waals surface area contributed by atoms with Gasteiger partial charge in [0.05, 0.1) is 24.0 Å². The molecular formula is C13H9Cl2N3O2. The van der Waals surface area contributed by atoms with E-state index in [2.05, 4.69) is 4.98 Å². The quantitative estimate of drug-likeness (QED) is 0.801. The van der Waals surface area contributed by atoms with Gasteiger partial charge in [0.2, 0.25) is 0 Å². The molecule has 0 aliphatic carbocycles. The molecule has 2 heterocycles. The molecule has 0 N–H and O–H groups in total. The van der Waals surface area contributed by atoms with Gasteiger partial charge in [-0.15, -0.1) is 0 Å². The first-order valence-corrected chi connectivity index (χ1v) is 6.56. The molecule has 1 aromatic carbocycles. The minimum absolute atomic E-state index is 0.168. The van der Waals surface area contributed by atoms with Crippen molar-refractivity contribution in [2.24, 2.45) is 7.05 Å². The van der Waals surface area contributed by atoms with E-state index in [-0.39, 0.29) is 6.54 Å². The Labute approximate surface area is 124 Å². The second-order valence-electron chi connectivity index (χ2n) is 4.44. The molecule has 0 saturated carbocycles. The summed E-state index contributed by atoms with van der Waals surface area (Å²) in [6.07, 6.45) is 1.50. The van der Waals surface area contributed by atoms with Crippen LogP contribution < -0.4 is 4.90 Å². The zero-order valence-electron chi connectivity index (χ0n) is 10.4. The summed E-state index contributed by atoms with van der Waals surface area (Å²) in [5, 5.41) is 0.929. The van der Waals surface area contributed by atoms with E-state index in [4.69, 9.17) is 23.2 Å². The molecule has 2 aromatic rings. The Morgan fingerprint density at radius 2 is 2.00 bits per heavy atom. The van der Waals surface area contributed by atoms with E-state index in [1.165, 1.54) is 11.1 Å². The zero-order chi connectivity index (χ0) is 14.4. The third-order valence-corrected chi connectivity index (χ3v) is 3.85. The van der Waals surface area contributed by atoms with E-state index >= 15 is 0 Å². The van der Waals surface area contributed by atoms with Gasteiger partial charge < -0.3 is 4.57 Å². The van der Waals surface area contributed by atoms with Crippen LogP contribution >= 0.6 is 23.2 Å². The van der Waals surface area contributed by atoms with Crippen LogP contribution in [0, 0.1) is 0 Å². The SMILES string of the molecule is Cn1c(Cl)cnc1CN1C(=O)C(=O)c2ccc(Cl)cc21. The predicted molar refractivity (Wildman–Crippen MR) is 75.2 cm³/mol. The van der Waals surface area contributed by atoms with Gasteiger partial charge in [0.15, 0.2) is 0 Å². The number of rotatable bonds is 2. The maximum absolute atomic E-state index is 12.1. The number of hydrogen-bond donors (Lipinski definition) is 0. The monoisotopic (exact) mass is 309 g/mol. The molecule has 20 heavy (non-hydrogen) atoms. The van der Waals surface area contributed by atoms with Crippen molar-refractivity contribution in [1.82, 2.24) is 9.55 Å². The van der Waals surface area contributed by atoms with Crippen LogP contribution in [0.5, 0.6) is 0 Å². The molecule has 3 rings (SSSR count). The largest absolute Gasteiger partial charge is 0.321 e. The third kappa shape index (κ3) is 1.90. The van der Waals surface area contributed by atoms with E-state index in [1.807, 2.05) is 0 Å². The molecule has 0 spiro atoms. The Morgan fingerprint density at radius 1 is 1.25 bits per heavy atom. The van der Waals surface area contributed by atoms with Crippen molar-refractivity contribution in [2.75, 3.05) is 4.90 Å². The Balaban J connectivity index is 2.03. The van der Waals surface area contributed by atoms with Gasteiger partial charge in [-0.05, 0) is 18.2 Å². The lowest BCUT2D eigenvalue weighted by molar-refractivity contribution is -0.114. The second-order valence-corrected chi connectivity index (χ2v) is 5.26. The van der Waals surface area contributed by atoms with Crippen LogP contribution in [-0.2, 0) is 18.4 Å². The summed E-state index contributed by atoms with van der Waals surface area (Å²) in [7, 11) is 1.74. The molecule has 1 amide bonds. The number of Topliss-reactive ketones (excluding diaryl/α,β-unsaturated/α-hetero) is 1. The molecule has 0 fully saturated rings. The number of aromatic nitrogens is 2. The van der Waals surface area contributed by atoms with Crippen LogP contribution in [0.3, 0.4) is 0 Å². The van der Waals surface area contributed by atoms with Gasteiger partial charge in [0.1, 0.15) is 11.0 Å². The van der Waals surface area contributed by atoms with Crippen molar-refractivity contribution in [2.45, 2.75) is 6.54 Å². The van der Waals surface area contributed by atoms with Gasteiger partial charge in [-0.25, -0.2) is 4.98 Å². The fourth-order valence-electron chi connectivity index (χ4n) is 2.14. The number of carbonyl (C=O) groups excluding carboxylic acids is 2. The Morgan fingerprint density at radius 3 is 2.65 bits per heavy atom. The molecule has 0 saturated heterocycles. The van der Waals surface area contributed by atoms with Gasteiger partial charge in [-0.3, -0.25) is 14.5 Å². The first-order chi connectivity index (χ1) is 9.49. The first-order valence-electron chi connectivity index (χ1n) is 5.81. The standard InChI is InChI=1S/C13H9Cl2N3O2/c1-17-10(15)5-16-11(17)6-18-9-4-7(14)2-3-8(9)12(19)13(18)20/h2-5H,6H2,1H3. The summed E-state index contributed by atoms with van der Waals surface area (Å²) < 4.78 is 1.65. The molecule has 7 heteroatoms. The third-order valence-electron chi connectivity index (χ3n) is 3.26. The van der Waals surface area contributed by atoms with Gasteiger partial charge in [0.25, 0.3) is 11.7 Å². The van der Waals surface area contributed by atoms with Crippen LogP contribution in [-0.4, -0.2) is 21.2 Å². The number of fused-ring (bicyclic) bond motifs is 1. The average molecular weight is 310 g/mol. The number of anilines is 1. The molecule has 0 atom stereocenters. The van der Waals surface area contributed by atoms with E-state index in [1.54, 1.807) is 29.8 Å². The first kappa shape index (κ1) is 13.1. The van der Waals surface area contributed by atoms with Gasteiger partial charge in [-0.1, -0.05) is 23.2 Å². The highest BCUT2D eigenvalue weighted by Crippen LogP contribution is 2.32. The van der Waals surface area contributed by atoms with Crippen molar-refractivity contribution in [1.29, 1.82) is 0 Å². The molecule has 0 radical (unpaired) electrons. The Bertz CT molecular complexity index is 739. The van der Waals surface area contributed by atoms with E-state index in [9.17, 15) is 9.59 Å². The molecule has 5 nitrogen and oxygen atoms in total. The number of imidazole rings is 1. The summed E-state index contributed by atoms with van der Waals surface area (Å²) in [6, 6.07) is 4.75. The van der Waals surface area contributed by atoms with Gasteiger partial charge >= 0.3 is 0 Å². The molecule has 1 aliphatic heterocycles. The fraction of sp³-hybridized carbons (Fsp3) is 0.154. The predicted octanol–water partition coefficient (Wildman–Crippen LogP) is 2.46. The average Bonchev–Trinajstić information content (AvgIpc) is 2.85. The Hall–Kier alpha value is -1.85. The van der Waals surface area contributed by atoms with Crippen molar-refractivity contribution < 1.29 is 9.59 Å². The number of ketones is 1.